The van der Waals surface area contributed by atoms with Crippen LogP contribution in [0.5, 0.6) is 0 Å². The summed E-state index contributed by atoms with van der Waals surface area (Å²) < 4.78 is 32.8. The molecule has 0 bridgehead atoms. The second kappa shape index (κ2) is 9.57. The topological polar surface area (TPSA) is 113 Å². The first kappa shape index (κ1) is 22.9. The van der Waals surface area contributed by atoms with E-state index in [0.717, 1.165) is 0 Å². The maximum Gasteiger partial charge on any atom is 0.337 e. The summed E-state index contributed by atoms with van der Waals surface area (Å²) in [6.45, 7) is 2.95. The molecule has 0 aliphatic carbocycles. The van der Waals surface area contributed by atoms with Crippen molar-refractivity contribution in [1.82, 2.24) is 0 Å². The van der Waals surface area contributed by atoms with E-state index in [1.165, 1.54) is 24.3 Å². The van der Waals surface area contributed by atoms with Crippen LogP contribution < -0.4 is 9.62 Å². The number of hydrogen-bond donors (Lipinski definition) is 2. The fraction of sp³-hybridized carbons (Fsp3) is 0.333. The molecule has 0 aromatic heterocycles. The number of piperidine rings is 1. The number of anilines is 2. The Hall–Kier alpha value is -2.78. The lowest BCUT2D eigenvalue weighted by atomic mass is 9.97. The summed E-state index contributed by atoms with van der Waals surface area (Å²) in [5.41, 5.74) is 0.450. The highest BCUT2D eigenvalue weighted by molar-refractivity contribution is 7.92. The van der Waals surface area contributed by atoms with Crippen LogP contribution in [0.25, 0.3) is 0 Å². The normalized spacial score (nSPS) is 16.6. The van der Waals surface area contributed by atoms with Gasteiger partial charge in [0.2, 0.25) is 0 Å². The molecule has 166 valence electrons. The Kier molecular flexibility index (Phi) is 7.07. The van der Waals surface area contributed by atoms with E-state index in [9.17, 15) is 23.1 Å². The van der Waals surface area contributed by atoms with E-state index in [1.807, 2.05) is 4.90 Å². The van der Waals surface area contributed by atoms with Crippen molar-refractivity contribution in [2.24, 2.45) is 5.92 Å². The molecule has 1 unspecified atom stereocenters. The van der Waals surface area contributed by atoms with E-state index in [4.69, 9.17) is 16.3 Å². The molecule has 31 heavy (non-hydrogen) atoms. The molecule has 1 aliphatic heterocycles. The molecule has 1 heterocycles. The summed E-state index contributed by atoms with van der Waals surface area (Å²) in [4.78, 5) is 25.7. The zero-order valence-corrected chi connectivity index (χ0v) is 18.4. The predicted octanol–water partition coefficient (Wildman–Crippen LogP) is 3.62. The molecule has 10 heteroatoms. The van der Waals surface area contributed by atoms with Crippen LogP contribution in [0, 0.1) is 5.92 Å². The molecule has 2 aromatic carbocycles. The average molecular weight is 467 g/mol. The highest BCUT2D eigenvalue weighted by atomic mass is 35.5. The van der Waals surface area contributed by atoms with Gasteiger partial charge < -0.3 is 14.7 Å². The summed E-state index contributed by atoms with van der Waals surface area (Å²) in [6, 6.07) is 10.3. The summed E-state index contributed by atoms with van der Waals surface area (Å²) in [5.74, 6) is -1.84. The number of carboxylic acid groups (broad SMARTS) is 1. The molecule has 2 N–H and O–H groups in total. The van der Waals surface area contributed by atoms with E-state index in [-0.39, 0.29) is 39.7 Å². The highest BCUT2D eigenvalue weighted by Gasteiger charge is 2.29. The lowest BCUT2D eigenvalue weighted by Gasteiger charge is -2.34. The molecule has 3 rings (SSSR count). The Labute approximate surface area is 185 Å². The van der Waals surface area contributed by atoms with Gasteiger partial charge in [0, 0.05) is 18.8 Å². The van der Waals surface area contributed by atoms with Crippen molar-refractivity contribution in [1.29, 1.82) is 0 Å². The Morgan fingerprint density at radius 3 is 2.68 bits per heavy atom. The summed E-state index contributed by atoms with van der Waals surface area (Å²) in [6.07, 6.45) is 1.39. The summed E-state index contributed by atoms with van der Waals surface area (Å²) in [7, 11) is -4.00. The first-order valence-corrected chi connectivity index (χ1v) is 11.7. The SMILES string of the molecule is CCOC(=O)C1CCCN(c2ccc(NS(=O)(=O)c3ccccc3Cl)cc2C(=O)O)C1. The minimum absolute atomic E-state index is 0.0587. The molecule has 1 saturated heterocycles. The fourth-order valence-corrected chi connectivity index (χ4v) is 5.14. The first-order chi connectivity index (χ1) is 14.7. The number of carboxylic acids is 1. The molecule has 8 nitrogen and oxygen atoms in total. The van der Waals surface area contributed by atoms with Gasteiger partial charge in [-0.1, -0.05) is 23.7 Å². The Morgan fingerprint density at radius 1 is 1.26 bits per heavy atom. The zero-order chi connectivity index (χ0) is 22.6. The van der Waals surface area contributed by atoms with Crippen LogP contribution in [-0.4, -0.2) is 45.2 Å². The van der Waals surface area contributed by atoms with Gasteiger partial charge in [0.25, 0.3) is 10.0 Å². The van der Waals surface area contributed by atoms with Crippen molar-refractivity contribution in [2.75, 3.05) is 29.3 Å². The lowest BCUT2D eigenvalue weighted by Crippen LogP contribution is -2.40. The molecule has 0 radical (unpaired) electrons. The van der Waals surface area contributed by atoms with Gasteiger partial charge in [0.05, 0.1) is 28.8 Å². The Balaban J connectivity index is 1.87. The van der Waals surface area contributed by atoms with E-state index < -0.39 is 16.0 Å². The van der Waals surface area contributed by atoms with Gasteiger partial charge in [0.1, 0.15) is 4.90 Å². The van der Waals surface area contributed by atoms with E-state index in [2.05, 4.69) is 4.72 Å². The third-order valence-electron chi connectivity index (χ3n) is 4.99. The Bertz CT molecular complexity index is 1090. The number of nitrogens with one attached hydrogen (secondary N) is 1. The molecule has 1 aliphatic rings. The minimum atomic E-state index is -4.00. The van der Waals surface area contributed by atoms with Crippen molar-refractivity contribution in [2.45, 2.75) is 24.7 Å². The van der Waals surface area contributed by atoms with Crippen LogP contribution in [0.1, 0.15) is 30.1 Å². The quantitative estimate of drug-likeness (QED) is 0.599. The van der Waals surface area contributed by atoms with Crippen LogP contribution in [0.3, 0.4) is 0 Å². The standard InChI is InChI=1S/C21H23ClN2O6S/c1-2-30-21(27)14-6-5-11-24(13-14)18-10-9-15(12-16(18)20(25)26)23-31(28,29)19-8-4-3-7-17(19)22/h3-4,7-10,12,14,23H,2,5-6,11,13H2,1H3,(H,25,26). The van der Waals surface area contributed by atoms with Crippen LogP contribution in [-0.2, 0) is 19.6 Å². The zero-order valence-electron chi connectivity index (χ0n) is 16.9. The number of aromatic carboxylic acids is 1. The van der Waals surface area contributed by atoms with Crippen molar-refractivity contribution < 1.29 is 27.9 Å². The van der Waals surface area contributed by atoms with Crippen molar-refractivity contribution in [3.05, 3.63) is 53.1 Å². The molecule has 1 fully saturated rings. The molecule has 0 spiro atoms. The van der Waals surface area contributed by atoms with Gasteiger partial charge in [0.15, 0.2) is 0 Å². The number of hydrogen-bond acceptors (Lipinski definition) is 6. The van der Waals surface area contributed by atoms with Gasteiger partial charge in [-0.15, -0.1) is 0 Å². The second-order valence-corrected chi connectivity index (χ2v) is 9.17. The van der Waals surface area contributed by atoms with Gasteiger partial charge in [-0.05, 0) is 50.1 Å². The maximum absolute atomic E-state index is 12.7. The molecule has 0 amide bonds. The number of benzene rings is 2. The van der Waals surface area contributed by atoms with Crippen molar-refractivity contribution >= 4 is 44.9 Å². The molecule has 2 aromatic rings. The third kappa shape index (κ3) is 5.29. The molecule has 0 saturated carbocycles. The van der Waals surface area contributed by atoms with Gasteiger partial charge in [-0.3, -0.25) is 9.52 Å². The Morgan fingerprint density at radius 2 is 2.00 bits per heavy atom. The van der Waals surface area contributed by atoms with Gasteiger partial charge in [-0.2, -0.15) is 0 Å². The largest absolute Gasteiger partial charge is 0.478 e. The number of rotatable bonds is 7. The van der Waals surface area contributed by atoms with Crippen LogP contribution in [0.2, 0.25) is 5.02 Å². The van der Waals surface area contributed by atoms with Gasteiger partial charge >= 0.3 is 11.9 Å². The third-order valence-corrected chi connectivity index (χ3v) is 6.87. The van der Waals surface area contributed by atoms with Gasteiger partial charge in [-0.25, -0.2) is 13.2 Å². The first-order valence-electron chi connectivity index (χ1n) is 9.79. The smallest absolute Gasteiger partial charge is 0.337 e. The van der Waals surface area contributed by atoms with Crippen molar-refractivity contribution in [3.8, 4) is 0 Å². The van der Waals surface area contributed by atoms with E-state index in [1.54, 1.807) is 25.1 Å². The number of esters is 1. The van der Waals surface area contributed by atoms with Crippen molar-refractivity contribution in [3.63, 3.8) is 0 Å². The number of carbonyl (C=O) groups is 2. The number of nitrogens with zero attached hydrogens (tertiary/aromatic N) is 1. The van der Waals surface area contributed by atoms with Crippen LogP contribution >= 0.6 is 11.6 Å². The van der Waals surface area contributed by atoms with E-state index in [0.29, 0.717) is 31.6 Å². The second-order valence-electron chi connectivity index (χ2n) is 7.11. The monoisotopic (exact) mass is 466 g/mol. The van der Waals surface area contributed by atoms with E-state index >= 15 is 0 Å². The van der Waals surface area contributed by atoms with Crippen LogP contribution in [0.4, 0.5) is 11.4 Å². The fourth-order valence-electron chi connectivity index (χ4n) is 3.57. The minimum Gasteiger partial charge on any atom is -0.478 e. The highest BCUT2D eigenvalue weighted by Crippen LogP contribution is 2.31. The van der Waals surface area contributed by atoms with Crippen LogP contribution in [0.15, 0.2) is 47.4 Å². The summed E-state index contributed by atoms with van der Waals surface area (Å²) >= 11 is 5.99. The number of halogens is 1. The lowest BCUT2D eigenvalue weighted by molar-refractivity contribution is -0.148. The average Bonchev–Trinajstić information content (AvgIpc) is 2.74. The predicted molar refractivity (Wildman–Crippen MR) is 117 cm³/mol. The summed E-state index contributed by atoms with van der Waals surface area (Å²) in [5, 5.41) is 9.78. The number of ether oxygens (including phenoxy) is 1. The molecule has 1 atom stereocenters. The number of carbonyl (C=O) groups excluding carboxylic acids is 1. The maximum atomic E-state index is 12.7. The molecular formula is C21H23ClN2O6S. The molecular weight excluding hydrogens is 444 g/mol. The number of sulfonamides is 1.